The van der Waals surface area contributed by atoms with Gasteiger partial charge in [0.05, 0.1) is 12.5 Å². The SMILES string of the molecule is CCC(C)C(C)n1cncc1C=O. The van der Waals surface area contributed by atoms with Gasteiger partial charge >= 0.3 is 0 Å². The summed E-state index contributed by atoms with van der Waals surface area (Å²) in [5.74, 6) is 0.563. The third-order valence-corrected chi connectivity index (χ3v) is 2.72. The molecule has 0 spiro atoms. The van der Waals surface area contributed by atoms with Gasteiger partial charge in [0.1, 0.15) is 5.69 Å². The maximum atomic E-state index is 10.6. The molecule has 0 aromatic carbocycles. The van der Waals surface area contributed by atoms with Crippen LogP contribution in [-0.2, 0) is 0 Å². The summed E-state index contributed by atoms with van der Waals surface area (Å²) in [4.78, 5) is 14.6. The lowest BCUT2D eigenvalue weighted by molar-refractivity contribution is 0.111. The van der Waals surface area contributed by atoms with Crippen molar-refractivity contribution in [2.24, 2.45) is 5.92 Å². The Bertz CT molecular complexity index is 280. The second-order valence-corrected chi connectivity index (χ2v) is 3.47. The molecular weight excluding hydrogens is 164 g/mol. The van der Waals surface area contributed by atoms with Crippen LogP contribution in [0, 0.1) is 5.92 Å². The van der Waals surface area contributed by atoms with E-state index in [0.29, 0.717) is 17.7 Å². The van der Waals surface area contributed by atoms with Crippen LogP contribution in [0.15, 0.2) is 12.5 Å². The second-order valence-electron chi connectivity index (χ2n) is 3.47. The van der Waals surface area contributed by atoms with Crippen LogP contribution in [0.1, 0.15) is 43.7 Å². The summed E-state index contributed by atoms with van der Waals surface area (Å²) in [7, 11) is 0. The molecule has 0 aliphatic carbocycles. The zero-order valence-electron chi connectivity index (χ0n) is 8.40. The van der Waals surface area contributed by atoms with E-state index in [1.54, 1.807) is 12.5 Å². The Morgan fingerprint density at radius 2 is 2.31 bits per heavy atom. The molecule has 0 radical (unpaired) electrons. The second kappa shape index (κ2) is 4.21. The zero-order chi connectivity index (χ0) is 9.84. The summed E-state index contributed by atoms with van der Waals surface area (Å²) in [5.41, 5.74) is 0.660. The van der Waals surface area contributed by atoms with Gasteiger partial charge in [-0.15, -0.1) is 0 Å². The van der Waals surface area contributed by atoms with Gasteiger partial charge in [-0.2, -0.15) is 0 Å². The smallest absolute Gasteiger partial charge is 0.168 e. The summed E-state index contributed by atoms with van der Waals surface area (Å²) in [6.45, 7) is 6.45. The Morgan fingerprint density at radius 1 is 1.62 bits per heavy atom. The van der Waals surface area contributed by atoms with Crippen LogP contribution >= 0.6 is 0 Å². The number of nitrogens with zero attached hydrogens (tertiary/aromatic N) is 2. The highest BCUT2D eigenvalue weighted by Gasteiger charge is 2.14. The fourth-order valence-corrected chi connectivity index (χ4v) is 1.36. The summed E-state index contributed by atoms with van der Waals surface area (Å²) in [6, 6.07) is 0.340. The molecule has 3 heteroatoms. The lowest BCUT2D eigenvalue weighted by atomic mass is 10.0. The Labute approximate surface area is 78.8 Å². The van der Waals surface area contributed by atoms with E-state index in [9.17, 15) is 4.79 Å². The molecule has 0 aliphatic rings. The van der Waals surface area contributed by atoms with Gasteiger partial charge in [0, 0.05) is 6.04 Å². The number of aldehydes is 1. The summed E-state index contributed by atoms with van der Waals surface area (Å²) in [6.07, 6.45) is 5.29. The Kier molecular flexibility index (Phi) is 3.23. The topological polar surface area (TPSA) is 34.9 Å². The summed E-state index contributed by atoms with van der Waals surface area (Å²) >= 11 is 0. The first-order valence-corrected chi connectivity index (χ1v) is 4.67. The largest absolute Gasteiger partial charge is 0.325 e. The predicted molar refractivity (Wildman–Crippen MR) is 51.8 cm³/mol. The maximum Gasteiger partial charge on any atom is 0.168 e. The number of carbonyl (C=O) groups is 1. The first kappa shape index (κ1) is 9.96. The van der Waals surface area contributed by atoms with Crippen molar-refractivity contribution in [3.63, 3.8) is 0 Å². The number of hydrogen-bond acceptors (Lipinski definition) is 2. The molecule has 1 heterocycles. The first-order chi connectivity index (χ1) is 6.20. The van der Waals surface area contributed by atoms with Crippen molar-refractivity contribution in [3.05, 3.63) is 18.2 Å². The number of rotatable bonds is 4. The molecular formula is C10H16N2O. The quantitative estimate of drug-likeness (QED) is 0.666. The van der Waals surface area contributed by atoms with Gasteiger partial charge in [-0.3, -0.25) is 4.79 Å². The Morgan fingerprint density at radius 3 is 2.85 bits per heavy atom. The fourth-order valence-electron chi connectivity index (χ4n) is 1.36. The van der Waals surface area contributed by atoms with Crippen LogP contribution in [0.25, 0.3) is 0 Å². The van der Waals surface area contributed by atoms with Gasteiger partial charge in [0.25, 0.3) is 0 Å². The van der Waals surface area contributed by atoms with E-state index < -0.39 is 0 Å². The molecule has 13 heavy (non-hydrogen) atoms. The van der Waals surface area contributed by atoms with Crippen LogP contribution in [0.5, 0.6) is 0 Å². The molecule has 2 atom stereocenters. The number of hydrogen-bond donors (Lipinski definition) is 0. The minimum Gasteiger partial charge on any atom is -0.325 e. The van der Waals surface area contributed by atoms with E-state index >= 15 is 0 Å². The molecule has 0 fully saturated rings. The highest BCUT2D eigenvalue weighted by atomic mass is 16.1. The number of carbonyl (C=O) groups excluding carboxylic acids is 1. The standard InChI is InChI=1S/C10H16N2O/c1-4-8(2)9(3)12-7-11-5-10(12)6-13/h5-9H,4H2,1-3H3. The molecule has 1 rings (SSSR count). The fraction of sp³-hybridized carbons (Fsp3) is 0.600. The normalized spacial score (nSPS) is 15.3. The van der Waals surface area contributed by atoms with Crippen molar-refractivity contribution in [1.29, 1.82) is 0 Å². The van der Waals surface area contributed by atoms with Crippen molar-refractivity contribution >= 4 is 6.29 Å². The van der Waals surface area contributed by atoms with E-state index in [0.717, 1.165) is 12.7 Å². The minimum atomic E-state index is 0.340. The van der Waals surface area contributed by atoms with Gasteiger partial charge in [-0.25, -0.2) is 4.98 Å². The van der Waals surface area contributed by atoms with E-state index in [4.69, 9.17) is 0 Å². The highest BCUT2D eigenvalue weighted by Crippen LogP contribution is 2.20. The molecule has 0 amide bonds. The van der Waals surface area contributed by atoms with E-state index in [1.807, 2.05) is 4.57 Å². The van der Waals surface area contributed by atoms with E-state index in [2.05, 4.69) is 25.8 Å². The molecule has 1 aromatic heterocycles. The van der Waals surface area contributed by atoms with Crippen molar-refractivity contribution in [2.75, 3.05) is 0 Å². The lowest BCUT2D eigenvalue weighted by Gasteiger charge is -2.20. The van der Waals surface area contributed by atoms with Gasteiger partial charge in [-0.1, -0.05) is 20.3 Å². The van der Waals surface area contributed by atoms with Gasteiger partial charge in [0.2, 0.25) is 0 Å². The number of imidazole rings is 1. The third kappa shape index (κ3) is 1.97. The molecule has 0 bridgehead atoms. The van der Waals surface area contributed by atoms with Gasteiger partial charge in [-0.05, 0) is 12.8 Å². The molecule has 0 aliphatic heterocycles. The third-order valence-electron chi connectivity index (χ3n) is 2.72. The van der Waals surface area contributed by atoms with Gasteiger partial charge < -0.3 is 4.57 Å². The number of aromatic nitrogens is 2. The van der Waals surface area contributed by atoms with E-state index in [-0.39, 0.29) is 0 Å². The van der Waals surface area contributed by atoms with Crippen LogP contribution in [0.3, 0.4) is 0 Å². The Hall–Kier alpha value is -1.12. The van der Waals surface area contributed by atoms with Crippen molar-refractivity contribution in [1.82, 2.24) is 9.55 Å². The van der Waals surface area contributed by atoms with Crippen LogP contribution in [0.4, 0.5) is 0 Å². The first-order valence-electron chi connectivity index (χ1n) is 4.67. The average Bonchev–Trinajstić information content (AvgIpc) is 2.62. The molecule has 3 nitrogen and oxygen atoms in total. The molecule has 1 aromatic rings. The predicted octanol–water partition coefficient (Wildman–Crippen LogP) is 2.30. The van der Waals surface area contributed by atoms with Crippen LogP contribution in [0.2, 0.25) is 0 Å². The van der Waals surface area contributed by atoms with Crippen LogP contribution in [-0.4, -0.2) is 15.8 Å². The molecule has 0 saturated heterocycles. The lowest BCUT2D eigenvalue weighted by Crippen LogP contribution is -2.14. The van der Waals surface area contributed by atoms with E-state index in [1.165, 1.54) is 0 Å². The summed E-state index contributed by atoms with van der Waals surface area (Å²) in [5, 5.41) is 0. The molecule has 2 unspecified atom stereocenters. The van der Waals surface area contributed by atoms with Crippen LogP contribution < -0.4 is 0 Å². The average molecular weight is 180 g/mol. The van der Waals surface area contributed by atoms with Crippen molar-refractivity contribution < 1.29 is 4.79 Å². The molecule has 0 saturated carbocycles. The Balaban J connectivity index is 2.87. The van der Waals surface area contributed by atoms with Crippen molar-refractivity contribution in [2.45, 2.75) is 33.2 Å². The maximum absolute atomic E-state index is 10.6. The van der Waals surface area contributed by atoms with Gasteiger partial charge in [0.15, 0.2) is 6.29 Å². The molecule has 72 valence electrons. The molecule has 0 N–H and O–H groups in total. The zero-order valence-corrected chi connectivity index (χ0v) is 8.40. The van der Waals surface area contributed by atoms with Crippen molar-refractivity contribution in [3.8, 4) is 0 Å². The highest BCUT2D eigenvalue weighted by molar-refractivity contribution is 5.71. The monoisotopic (exact) mass is 180 g/mol. The summed E-state index contributed by atoms with van der Waals surface area (Å²) < 4.78 is 1.93. The minimum absolute atomic E-state index is 0.340.